The fraction of sp³-hybridized carbons (Fsp3) is 0.857. The van der Waals surface area contributed by atoms with Gasteiger partial charge in [-0.05, 0) is 85.0 Å². The average Bonchev–Trinajstić information content (AvgIpc) is 3.06. The summed E-state index contributed by atoms with van der Waals surface area (Å²) < 4.78 is 0. The van der Waals surface area contributed by atoms with Crippen molar-refractivity contribution in [2.24, 2.45) is 52.3 Å². The lowest BCUT2D eigenvalue weighted by Gasteiger charge is -2.59. The number of aliphatic carboxylic acids is 1. The molecule has 9 atom stereocenters. The zero-order chi connectivity index (χ0) is 23.4. The van der Waals surface area contributed by atoms with Gasteiger partial charge < -0.3 is 10.2 Å². The van der Waals surface area contributed by atoms with Crippen molar-refractivity contribution >= 4 is 11.8 Å². The summed E-state index contributed by atoms with van der Waals surface area (Å²) in [7, 11) is 0. The molecule has 2 N–H and O–H groups in total. The predicted octanol–water partition coefficient (Wildman–Crippen LogP) is 5.88. The molecule has 32 heavy (non-hydrogen) atoms. The van der Waals surface area contributed by atoms with Crippen LogP contribution in [0, 0.1) is 52.3 Å². The highest BCUT2D eigenvalue weighted by Crippen LogP contribution is 2.68. The molecule has 0 aromatic carbocycles. The average molecular weight is 445 g/mol. The lowest BCUT2D eigenvalue weighted by atomic mass is 9.44. The molecule has 0 aliphatic heterocycles. The maximum atomic E-state index is 13.5. The van der Waals surface area contributed by atoms with Crippen molar-refractivity contribution in [2.75, 3.05) is 0 Å². The van der Waals surface area contributed by atoms with Crippen LogP contribution in [0.3, 0.4) is 0 Å². The van der Waals surface area contributed by atoms with E-state index in [0.717, 1.165) is 37.7 Å². The second-order valence-corrected chi connectivity index (χ2v) is 12.6. The molecular formula is C28H44O4. The Bertz CT molecular complexity index is 784. The van der Waals surface area contributed by atoms with Crippen LogP contribution in [0.15, 0.2) is 11.6 Å². The first-order valence-corrected chi connectivity index (χ1v) is 13.2. The Morgan fingerprint density at radius 1 is 1.12 bits per heavy atom. The van der Waals surface area contributed by atoms with Gasteiger partial charge in [-0.2, -0.15) is 0 Å². The molecular weight excluding hydrogens is 400 g/mol. The van der Waals surface area contributed by atoms with E-state index in [-0.39, 0.29) is 46.4 Å². The van der Waals surface area contributed by atoms with E-state index in [9.17, 15) is 19.8 Å². The molecule has 0 aromatic heterocycles. The minimum Gasteiger partial charge on any atom is -0.481 e. The molecule has 1 unspecified atom stereocenters. The number of hydrogen-bond donors (Lipinski definition) is 2. The van der Waals surface area contributed by atoms with E-state index >= 15 is 0 Å². The van der Waals surface area contributed by atoms with Crippen molar-refractivity contribution in [3.05, 3.63) is 11.6 Å². The van der Waals surface area contributed by atoms with Gasteiger partial charge in [0.1, 0.15) is 0 Å². The normalized spacial score (nSPS) is 44.5. The Labute approximate surface area is 194 Å². The molecule has 0 saturated heterocycles. The van der Waals surface area contributed by atoms with Crippen LogP contribution >= 0.6 is 0 Å². The second-order valence-electron chi connectivity index (χ2n) is 12.6. The first-order valence-electron chi connectivity index (χ1n) is 13.2. The van der Waals surface area contributed by atoms with E-state index in [1.807, 2.05) is 6.08 Å². The Balaban J connectivity index is 1.67. The van der Waals surface area contributed by atoms with Crippen LogP contribution in [0.5, 0.6) is 0 Å². The zero-order valence-corrected chi connectivity index (χ0v) is 20.8. The maximum Gasteiger partial charge on any atom is 0.307 e. The van der Waals surface area contributed by atoms with Crippen molar-refractivity contribution in [1.82, 2.24) is 0 Å². The summed E-state index contributed by atoms with van der Waals surface area (Å²) in [5.74, 6) is 0.938. The standard InChI is InChI=1S/C28H44O4/c1-16(2)7-6-8-17(3)20-9-10-21-25-22(15-23(26(31)32)28(20,21)5)27(4)12-11-19(29)13-18(27)14-24(25)30/h14,16-17,19-23,25,29H,6-13,15H2,1-5H3,(H,31,32)/t17-,19+,20-,21+,22+,23?,25+,27+,28-/m1/s1. The topological polar surface area (TPSA) is 74.6 Å². The second kappa shape index (κ2) is 8.56. The summed E-state index contributed by atoms with van der Waals surface area (Å²) in [6.07, 6.45) is 9.89. The smallest absolute Gasteiger partial charge is 0.307 e. The number of ketones is 1. The van der Waals surface area contributed by atoms with Gasteiger partial charge in [0.25, 0.3) is 0 Å². The van der Waals surface area contributed by atoms with Gasteiger partial charge in [0.15, 0.2) is 5.78 Å². The minimum atomic E-state index is -0.666. The molecule has 0 spiro atoms. The third kappa shape index (κ3) is 3.69. The molecule has 3 fully saturated rings. The van der Waals surface area contributed by atoms with Crippen LogP contribution < -0.4 is 0 Å². The van der Waals surface area contributed by atoms with E-state index in [2.05, 4.69) is 34.6 Å². The van der Waals surface area contributed by atoms with Crippen molar-refractivity contribution in [1.29, 1.82) is 0 Å². The summed E-state index contributed by atoms with van der Waals surface area (Å²) in [6.45, 7) is 11.3. The summed E-state index contributed by atoms with van der Waals surface area (Å²) in [5.41, 5.74) is 0.621. The molecule has 4 aliphatic carbocycles. The van der Waals surface area contributed by atoms with Gasteiger partial charge in [-0.15, -0.1) is 0 Å². The van der Waals surface area contributed by atoms with E-state index in [1.54, 1.807) is 0 Å². The van der Waals surface area contributed by atoms with Crippen LogP contribution in [0.1, 0.15) is 92.4 Å². The molecule has 4 heteroatoms. The quantitative estimate of drug-likeness (QED) is 0.536. The van der Waals surface area contributed by atoms with Crippen molar-refractivity contribution in [3.63, 3.8) is 0 Å². The summed E-state index contributed by atoms with van der Waals surface area (Å²) in [4.78, 5) is 26.2. The van der Waals surface area contributed by atoms with Crippen LogP contribution in [-0.4, -0.2) is 28.1 Å². The lowest BCUT2D eigenvalue weighted by Crippen LogP contribution is -2.58. The van der Waals surface area contributed by atoms with Gasteiger partial charge in [0.05, 0.1) is 12.0 Å². The predicted molar refractivity (Wildman–Crippen MR) is 126 cm³/mol. The molecule has 3 saturated carbocycles. The lowest BCUT2D eigenvalue weighted by molar-refractivity contribution is -0.167. The third-order valence-electron chi connectivity index (χ3n) is 10.6. The molecule has 0 aromatic rings. The first-order chi connectivity index (χ1) is 15.0. The fourth-order valence-electron chi connectivity index (χ4n) is 8.77. The largest absolute Gasteiger partial charge is 0.481 e. The summed E-state index contributed by atoms with van der Waals surface area (Å²) in [5, 5.41) is 20.7. The Morgan fingerprint density at radius 3 is 2.50 bits per heavy atom. The molecule has 180 valence electrons. The SMILES string of the molecule is CC(C)CCC[C@@H](C)[C@H]1CC[C@H]2[C@@H]3C(=O)C=C4C[C@@H](O)CC[C@]4(C)[C@H]3CC(C(=O)O)[C@]12C. The summed E-state index contributed by atoms with van der Waals surface area (Å²) in [6, 6.07) is 0. The minimum absolute atomic E-state index is 0.0487. The van der Waals surface area contributed by atoms with Crippen molar-refractivity contribution in [2.45, 2.75) is 98.5 Å². The molecule has 4 aliphatic rings. The highest BCUT2D eigenvalue weighted by Gasteiger charge is 2.66. The van der Waals surface area contributed by atoms with Crippen LogP contribution in [-0.2, 0) is 9.59 Å². The van der Waals surface area contributed by atoms with E-state index in [4.69, 9.17) is 0 Å². The zero-order valence-electron chi connectivity index (χ0n) is 20.8. The number of hydrogen-bond acceptors (Lipinski definition) is 3. The monoisotopic (exact) mass is 444 g/mol. The number of carbonyl (C=O) groups excluding carboxylic acids is 1. The first kappa shape index (κ1) is 24.0. The number of rotatable bonds is 6. The number of carboxylic acid groups (broad SMARTS) is 1. The fourth-order valence-corrected chi connectivity index (χ4v) is 8.77. The van der Waals surface area contributed by atoms with Gasteiger partial charge in [0, 0.05) is 5.92 Å². The van der Waals surface area contributed by atoms with Gasteiger partial charge in [0.2, 0.25) is 0 Å². The molecule has 4 rings (SSSR count). The van der Waals surface area contributed by atoms with Gasteiger partial charge in [-0.3, -0.25) is 9.59 Å². The van der Waals surface area contributed by atoms with Gasteiger partial charge in [-0.1, -0.05) is 59.5 Å². The van der Waals surface area contributed by atoms with Crippen LogP contribution in [0.25, 0.3) is 0 Å². The number of carboxylic acids is 1. The highest BCUT2D eigenvalue weighted by atomic mass is 16.4. The number of fused-ring (bicyclic) bond motifs is 5. The van der Waals surface area contributed by atoms with Gasteiger partial charge in [-0.25, -0.2) is 0 Å². The van der Waals surface area contributed by atoms with Gasteiger partial charge >= 0.3 is 5.97 Å². The van der Waals surface area contributed by atoms with Crippen LogP contribution in [0.2, 0.25) is 0 Å². The molecule has 0 amide bonds. The van der Waals surface area contributed by atoms with Crippen molar-refractivity contribution < 1.29 is 19.8 Å². The number of allylic oxidation sites excluding steroid dienone is 1. The third-order valence-corrected chi connectivity index (χ3v) is 10.6. The number of carbonyl (C=O) groups is 2. The molecule has 0 radical (unpaired) electrons. The van der Waals surface area contributed by atoms with E-state index in [0.29, 0.717) is 30.6 Å². The number of aliphatic hydroxyl groups excluding tert-OH is 1. The molecule has 0 heterocycles. The molecule has 0 bridgehead atoms. The number of aliphatic hydroxyl groups is 1. The van der Waals surface area contributed by atoms with E-state index < -0.39 is 5.97 Å². The van der Waals surface area contributed by atoms with Crippen LogP contribution in [0.4, 0.5) is 0 Å². The highest BCUT2D eigenvalue weighted by molar-refractivity contribution is 5.95. The molecule has 4 nitrogen and oxygen atoms in total. The Hall–Kier alpha value is -1.16. The summed E-state index contributed by atoms with van der Waals surface area (Å²) >= 11 is 0. The maximum absolute atomic E-state index is 13.5. The van der Waals surface area contributed by atoms with Crippen molar-refractivity contribution in [3.8, 4) is 0 Å². The Morgan fingerprint density at radius 2 is 1.84 bits per heavy atom. The van der Waals surface area contributed by atoms with E-state index in [1.165, 1.54) is 12.8 Å². The Kier molecular flexibility index (Phi) is 6.42.